The summed E-state index contributed by atoms with van der Waals surface area (Å²) in [7, 11) is 1.35. The molecule has 1 saturated carbocycles. The number of halogens is 1. The maximum atomic E-state index is 11.5. The minimum atomic E-state index is -0.419. The van der Waals surface area contributed by atoms with Gasteiger partial charge < -0.3 is 4.74 Å². The van der Waals surface area contributed by atoms with E-state index >= 15 is 0 Å². The molecule has 1 aromatic rings. The van der Waals surface area contributed by atoms with Crippen LogP contribution in [0, 0.1) is 0 Å². The Morgan fingerprint density at radius 1 is 1.50 bits per heavy atom. The smallest absolute Gasteiger partial charge is 0.341 e. The van der Waals surface area contributed by atoms with Crippen LogP contribution in [0.25, 0.3) is 0 Å². The first-order valence-corrected chi connectivity index (χ1v) is 5.84. The van der Waals surface area contributed by atoms with Gasteiger partial charge in [0.05, 0.1) is 12.7 Å². The molecule has 0 unspecified atom stereocenters. The van der Waals surface area contributed by atoms with Crippen LogP contribution in [-0.4, -0.2) is 18.1 Å². The lowest BCUT2D eigenvalue weighted by atomic mass is 9.98. The largest absolute Gasteiger partial charge is 0.465 e. The van der Waals surface area contributed by atoms with E-state index < -0.39 is 5.97 Å². The summed E-state index contributed by atoms with van der Waals surface area (Å²) >= 11 is 5.86. The predicted molar refractivity (Wildman–Crippen MR) is 61.8 cm³/mol. The number of hydrogen-bond acceptors (Lipinski definition) is 3. The average Bonchev–Trinajstić information content (AvgIpc) is 2.82. The van der Waals surface area contributed by atoms with E-state index in [9.17, 15) is 4.79 Å². The number of methoxy groups -OCH3 is 1. The molecule has 16 heavy (non-hydrogen) atoms. The standard InChI is InChI=1S/C12H14ClNO2/c1-16-12(15)10-6-9(7-14-11(10)13)8-4-2-3-5-8/h6-8H,2-5H2,1H3. The molecule has 0 aromatic carbocycles. The van der Waals surface area contributed by atoms with Crippen molar-refractivity contribution in [3.05, 3.63) is 28.5 Å². The molecule has 1 fully saturated rings. The molecule has 0 aliphatic heterocycles. The maximum Gasteiger partial charge on any atom is 0.341 e. The molecular formula is C12H14ClNO2. The second-order valence-corrected chi connectivity index (χ2v) is 4.44. The van der Waals surface area contributed by atoms with Crippen LogP contribution in [-0.2, 0) is 4.74 Å². The van der Waals surface area contributed by atoms with Crippen molar-refractivity contribution in [2.75, 3.05) is 7.11 Å². The van der Waals surface area contributed by atoms with Crippen LogP contribution in [0.4, 0.5) is 0 Å². The van der Waals surface area contributed by atoms with Crippen LogP contribution in [0.5, 0.6) is 0 Å². The second-order valence-electron chi connectivity index (χ2n) is 4.08. The van der Waals surface area contributed by atoms with Crippen molar-refractivity contribution in [2.24, 2.45) is 0 Å². The van der Waals surface area contributed by atoms with Crippen molar-refractivity contribution >= 4 is 17.6 Å². The van der Waals surface area contributed by atoms with E-state index in [1.54, 1.807) is 6.20 Å². The van der Waals surface area contributed by atoms with E-state index in [0.29, 0.717) is 11.5 Å². The summed E-state index contributed by atoms with van der Waals surface area (Å²) < 4.78 is 4.67. The minimum Gasteiger partial charge on any atom is -0.465 e. The predicted octanol–water partition coefficient (Wildman–Crippen LogP) is 3.18. The first kappa shape index (κ1) is 11.4. The quantitative estimate of drug-likeness (QED) is 0.588. The molecule has 1 heterocycles. The zero-order chi connectivity index (χ0) is 11.5. The molecule has 1 aromatic heterocycles. The van der Waals surface area contributed by atoms with Crippen LogP contribution >= 0.6 is 11.6 Å². The van der Waals surface area contributed by atoms with Crippen molar-refractivity contribution in [3.8, 4) is 0 Å². The molecule has 0 bridgehead atoms. The van der Waals surface area contributed by atoms with E-state index in [-0.39, 0.29) is 5.15 Å². The lowest BCUT2D eigenvalue weighted by molar-refractivity contribution is 0.0600. The summed E-state index contributed by atoms with van der Waals surface area (Å²) in [4.78, 5) is 15.5. The Balaban J connectivity index is 2.30. The molecule has 0 radical (unpaired) electrons. The van der Waals surface area contributed by atoms with Gasteiger partial charge >= 0.3 is 5.97 Å². The summed E-state index contributed by atoms with van der Waals surface area (Å²) in [6.07, 6.45) is 6.61. The fraction of sp³-hybridized carbons (Fsp3) is 0.500. The SMILES string of the molecule is COC(=O)c1cc(C2CCCC2)cnc1Cl. The van der Waals surface area contributed by atoms with Crippen molar-refractivity contribution in [3.63, 3.8) is 0 Å². The highest BCUT2D eigenvalue weighted by Gasteiger charge is 2.20. The molecule has 0 saturated heterocycles. The molecule has 4 heteroatoms. The number of rotatable bonds is 2. The molecule has 0 amide bonds. The lowest BCUT2D eigenvalue weighted by Gasteiger charge is -2.10. The molecule has 3 nitrogen and oxygen atoms in total. The van der Waals surface area contributed by atoms with Gasteiger partial charge in [-0.1, -0.05) is 24.4 Å². The van der Waals surface area contributed by atoms with Gasteiger partial charge in [-0.05, 0) is 30.4 Å². The monoisotopic (exact) mass is 239 g/mol. The minimum absolute atomic E-state index is 0.216. The first-order valence-electron chi connectivity index (χ1n) is 5.46. The number of carbonyl (C=O) groups excluding carboxylic acids is 1. The highest BCUT2D eigenvalue weighted by Crippen LogP contribution is 2.34. The normalized spacial score (nSPS) is 16.4. The number of nitrogens with zero attached hydrogens (tertiary/aromatic N) is 1. The number of carbonyl (C=O) groups is 1. The lowest BCUT2D eigenvalue weighted by Crippen LogP contribution is -2.05. The number of hydrogen-bond donors (Lipinski definition) is 0. The summed E-state index contributed by atoms with van der Waals surface area (Å²) in [5, 5.41) is 0.216. The van der Waals surface area contributed by atoms with Crippen molar-refractivity contribution in [1.29, 1.82) is 0 Å². The highest BCUT2D eigenvalue weighted by atomic mass is 35.5. The Labute approximate surface area is 99.8 Å². The molecule has 1 aliphatic carbocycles. The molecule has 86 valence electrons. The third-order valence-corrected chi connectivity index (χ3v) is 3.39. The van der Waals surface area contributed by atoms with Gasteiger partial charge in [0.1, 0.15) is 5.15 Å². The number of pyridine rings is 1. The topological polar surface area (TPSA) is 39.2 Å². The number of aromatic nitrogens is 1. The first-order chi connectivity index (χ1) is 7.72. The molecule has 1 aliphatic rings. The van der Waals surface area contributed by atoms with Crippen LogP contribution in [0.3, 0.4) is 0 Å². The van der Waals surface area contributed by atoms with Gasteiger partial charge in [0.15, 0.2) is 0 Å². The summed E-state index contributed by atoms with van der Waals surface area (Å²) in [5.41, 5.74) is 1.47. The number of ether oxygens (including phenoxy) is 1. The average molecular weight is 240 g/mol. The van der Waals surface area contributed by atoms with Crippen LogP contribution in [0.2, 0.25) is 5.15 Å². The van der Waals surface area contributed by atoms with Crippen molar-refractivity contribution in [1.82, 2.24) is 4.98 Å². The van der Waals surface area contributed by atoms with Gasteiger partial charge in [-0.3, -0.25) is 0 Å². The zero-order valence-corrected chi connectivity index (χ0v) is 9.96. The zero-order valence-electron chi connectivity index (χ0n) is 9.20. The van der Waals surface area contributed by atoms with E-state index in [4.69, 9.17) is 11.6 Å². The highest BCUT2D eigenvalue weighted by molar-refractivity contribution is 6.32. The van der Waals surface area contributed by atoms with Crippen molar-refractivity contribution < 1.29 is 9.53 Å². The van der Waals surface area contributed by atoms with Gasteiger partial charge in [0, 0.05) is 6.20 Å². The van der Waals surface area contributed by atoms with E-state index in [1.165, 1.54) is 32.8 Å². The Bertz CT molecular complexity index is 400. The Morgan fingerprint density at radius 3 is 2.81 bits per heavy atom. The third kappa shape index (κ3) is 2.19. The van der Waals surface area contributed by atoms with E-state index in [1.807, 2.05) is 6.07 Å². The molecule has 0 N–H and O–H groups in total. The summed E-state index contributed by atoms with van der Waals surface area (Å²) in [6.45, 7) is 0. The van der Waals surface area contributed by atoms with E-state index in [2.05, 4.69) is 9.72 Å². The molecule has 0 atom stereocenters. The van der Waals surface area contributed by atoms with Crippen molar-refractivity contribution in [2.45, 2.75) is 31.6 Å². The molecule has 0 spiro atoms. The summed E-state index contributed by atoms with van der Waals surface area (Å²) in [5.74, 6) is 0.102. The Morgan fingerprint density at radius 2 is 2.19 bits per heavy atom. The maximum absolute atomic E-state index is 11.5. The van der Waals surface area contributed by atoms with Crippen LogP contribution in [0.15, 0.2) is 12.3 Å². The van der Waals surface area contributed by atoms with Gasteiger partial charge in [-0.15, -0.1) is 0 Å². The fourth-order valence-electron chi connectivity index (χ4n) is 2.20. The Hall–Kier alpha value is -1.09. The van der Waals surface area contributed by atoms with Crippen LogP contribution in [0.1, 0.15) is 47.5 Å². The van der Waals surface area contributed by atoms with Crippen LogP contribution < -0.4 is 0 Å². The van der Waals surface area contributed by atoms with Gasteiger partial charge in [0.25, 0.3) is 0 Å². The van der Waals surface area contributed by atoms with Gasteiger partial charge in [-0.2, -0.15) is 0 Å². The summed E-state index contributed by atoms with van der Waals surface area (Å²) in [6, 6.07) is 1.82. The third-order valence-electron chi connectivity index (χ3n) is 3.09. The fourth-order valence-corrected chi connectivity index (χ4v) is 2.38. The number of esters is 1. The molecular weight excluding hydrogens is 226 g/mol. The molecule has 2 rings (SSSR count). The van der Waals surface area contributed by atoms with Gasteiger partial charge in [0.2, 0.25) is 0 Å². The Kier molecular flexibility index (Phi) is 3.44. The van der Waals surface area contributed by atoms with E-state index in [0.717, 1.165) is 5.56 Å². The second kappa shape index (κ2) is 4.83. The van der Waals surface area contributed by atoms with Gasteiger partial charge in [-0.25, -0.2) is 9.78 Å².